The van der Waals surface area contributed by atoms with E-state index >= 15 is 0 Å². The van der Waals surface area contributed by atoms with Crippen LogP contribution in [0.4, 0.5) is 0 Å². The number of thiophene rings is 1. The maximum absolute atomic E-state index is 11.5. The summed E-state index contributed by atoms with van der Waals surface area (Å²) in [4.78, 5) is 12.6. The van der Waals surface area contributed by atoms with Gasteiger partial charge in [0.1, 0.15) is 5.78 Å². The molecule has 1 heterocycles. The van der Waals surface area contributed by atoms with Crippen LogP contribution in [0.5, 0.6) is 0 Å². The summed E-state index contributed by atoms with van der Waals surface area (Å²) in [5.41, 5.74) is 0. The van der Waals surface area contributed by atoms with Gasteiger partial charge >= 0.3 is 0 Å². The van der Waals surface area contributed by atoms with Crippen LogP contribution in [0, 0.1) is 0 Å². The molecule has 0 N–H and O–H groups in total. The predicted molar refractivity (Wildman–Crippen MR) is 66.5 cm³/mol. The molecule has 1 rings (SSSR count). The van der Waals surface area contributed by atoms with Crippen LogP contribution in [0.2, 0.25) is 0 Å². The Morgan fingerprint density at radius 1 is 1.60 bits per heavy atom. The lowest BCUT2D eigenvalue weighted by Gasteiger charge is -2.00. The van der Waals surface area contributed by atoms with Gasteiger partial charge < -0.3 is 4.74 Å². The fourth-order valence-electron chi connectivity index (χ4n) is 1.24. The lowest BCUT2D eigenvalue weighted by atomic mass is 10.1. The molecule has 84 valence electrons. The van der Waals surface area contributed by atoms with Crippen molar-refractivity contribution in [3.63, 3.8) is 0 Å². The van der Waals surface area contributed by atoms with Crippen LogP contribution in [0.25, 0.3) is 0 Å². The van der Waals surface area contributed by atoms with Crippen molar-refractivity contribution < 1.29 is 9.53 Å². The van der Waals surface area contributed by atoms with Gasteiger partial charge in [0, 0.05) is 40.8 Å². The van der Waals surface area contributed by atoms with Crippen LogP contribution in [-0.4, -0.2) is 19.0 Å². The summed E-state index contributed by atoms with van der Waals surface area (Å²) in [7, 11) is 0. The highest BCUT2D eigenvalue weighted by atomic mass is 79.9. The zero-order valence-corrected chi connectivity index (χ0v) is 11.2. The van der Waals surface area contributed by atoms with E-state index < -0.39 is 0 Å². The Bertz CT molecular complexity index is 309. The van der Waals surface area contributed by atoms with Gasteiger partial charge in [-0.3, -0.25) is 4.79 Å². The average molecular weight is 291 g/mol. The first-order valence-corrected chi connectivity index (χ1v) is 6.72. The van der Waals surface area contributed by atoms with Crippen molar-refractivity contribution in [2.24, 2.45) is 0 Å². The molecule has 0 fully saturated rings. The number of Topliss-reactive ketones (excluding diaryl/α,β-unsaturated/α-hetero) is 1. The number of carbonyl (C=O) groups excluding carboxylic acids is 1. The standard InChI is InChI=1S/C11H15BrO2S/c1-2-14-5-3-4-10(13)7-11-6-9(12)8-15-11/h6,8H,2-5,7H2,1H3. The van der Waals surface area contributed by atoms with Gasteiger partial charge in [-0.1, -0.05) is 0 Å². The molecule has 0 unspecified atom stereocenters. The van der Waals surface area contributed by atoms with Gasteiger partial charge in [-0.15, -0.1) is 11.3 Å². The molecule has 0 amide bonds. The Labute approximate surface area is 103 Å². The number of halogens is 1. The summed E-state index contributed by atoms with van der Waals surface area (Å²) in [5, 5.41) is 2.00. The predicted octanol–water partition coefficient (Wildman–Crippen LogP) is 3.44. The molecule has 1 aromatic heterocycles. The topological polar surface area (TPSA) is 26.3 Å². The zero-order chi connectivity index (χ0) is 11.1. The molecule has 0 atom stereocenters. The Hall–Kier alpha value is -0.190. The van der Waals surface area contributed by atoms with Crippen LogP contribution in [0.15, 0.2) is 15.9 Å². The minimum absolute atomic E-state index is 0.295. The van der Waals surface area contributed by atoms with Gasteiger partial charge in [-0.25, -0.2) is 0 Å². The molecular formula is C11H15BrO2S. The van der Waals surface area contributed by atoms with E-state index in [0.29, 0.717) is 25.2 Å². The van der Waals surface area contributed by atoms with Crippen molar-refractivity contribution in [1.82, 2.24) is 0 Å². The first kappa shape index (κ1) is 12.9. The van der Waals surface area contributed by atoms with Gasteiger partial charge in [0.2, 0.25) is 0 Å². The highest BCUT2D eigenvalue weighted by Crippen LogP contribution is 2.20. The summed E-state index contributed by atoms with van der Waals surface area (Å²) in [6.45, 7) is 3.38. The highest BCUT2D eigenvalue weighted by Gasteiger charge is 2.05. The molecule has 0 saturated carbocycles. The molecular weight excluding hydrogens is 276 g/mol. The second kappa shape index (κ2) is 7.14. The lowest BCUT2D eigenvalue weighted by molar-refractivity contribution is -0.118. The fraction of sp³-hybridized carbons (Fsp3) is 0.545. The number of rotatable bonds is 7. The Morgan fingerprint density at radius 2 is 2.40 bits per heavy atom. The van der Waals surface area contributed by atoms with Gasteiger partial charge in [0.05, 0.1) is 0 Å². The van der Waals surface area contributed by atoms with E-state index in [1.165, 1.54) is 0 Å². The van der Waals surface area contributed by atoms with Crippen molar-refractivity contribution in [2.75, 3.05) is 13.2 Å². The molecule has 0 spiro atoms. The first-order chi connectivity index (χ1) is 7.22. The van der Waals surface area contributed by atoms with Crippen molar-refractivity contribution in [3.05, 3.63) is 20.8 Å². The number of carbonyl (C=O) groups is 1. The number of ether oxygens (including phenoxy) is 1. The van der Waals surface area contributed by atoms with E-state index in [-0.39, 0.29) is 0 Å². The molecule has 1 aromatic rings. The third kappa shape index (κ3) is 5.44. The normalized spacial score (nSPS) is 10.5. The van der Waals surface area contributed by atoms with E-state index in [0.717, 1.165) is 22.4 Å². The Kier molecular flexibility index (Phi) is 6.13. The van der Waals surface area contributed by atoms with Crippen LogP contribution in [-0.2, 0) is 16.0 Å². The quantitative estimate of drug-likeness (QED) is 0.719. The van der Waals surface area contributed by atoms with Crippen LogP contribution >= 0.6 is 27.3 Å². The summed E-state index contributed by atoms with van der Waals surface area (Å²) in [6.07, 6.45) is 2.01. The van der Waals surface area contributed by atoms with Crippen LogP contribution in [0.3, 0.4) is 0 Å². The largest absolute Gasteiger partial charge is 0.382 e. The molecule has 0 aliphatic carbocycles. The third-order valence-electron chi connectivity index (χ3n) is 1.94. The molecule has 0 bridgehead atoms. The molecule has 4 heteroatoms. The minimum atomic E-state index is 0.295. The van der Waals surface area contributed by atoms with Gasteiger partial charge in [-0.2, -0.15) is 0 Å². The molecule has 0 aromatic carbocycles. The van der Waals surface area contributed by atoms with Crippen molar-refractivity contribution in [3.8, 4) is 0 Å². The average Bonchev–Trinajstić information content (AvgIpc) is 2.59. The highest BCUT2D eigenvalue weighted by molar-refractivity contribution is 9.10. The van der Waals surface area contributed by atoms with E-state index in [1.54, 1.807) is 11.3 Å². The van der Waals surface area contributed by atoms with Crippen molar-refractivity contribution in [2.45, 2.75) is 26.2 Å². The summed E-state index contributed by atoms with van der Waals surface area (Å²) in [6, 6.07) is 2.01. The maximum Gasteiger partial charge on any atom is 0.138 e. The van der Waals surface area contributed by atoms with E-state index in [9.17, 15) is 4.79 Å². The number of hydrogen-bond donors (Lipinski definition) is 0. The molecule has 2 nitrogen and oxygen atoms in total. The van der Waals surface area contributed by atoms with E-state index in [2.05, 4.69) is 15.9 Å². The summed E-state index contributed by atoms with van der Waals surface area (Å²) >= 11 is 5.00. The van der Waals surface area contributed by atoms with Gasteiger partial charge in [0.15, 0.2) is 0 Å². The zero-order valence-electron chi connectivity index (χ0n) is 8.79. The first-order valence-electron chi connectivity index (χ1n) is 5.04. The monoisotopic (exact) mass is 290 g/mol. The molecule has 15 heavy (non-hydrogen) atoms. The fourth-order valence-corrected chi connectivity index (χ4v) is 2.72. The minimum Gasteiger partial charge on any atom is -0.382 e. The second-order valence-corrected chi connectivity index (χ2v) is 5.16. The molecule has 0 aliphatic rings. The molecule has 0 radical (unpaired) electrons. The SMILES string of the molecule is CCOCCCC(=O)Cc1cc(Br)cs1. The van der Waals surface area contributed by atoms with Gasteiger partial charge in [0.25, 0.3) is 0 Å². The van der Waals surface area contributed by atoms with E-state index in [1.807, 2.05) is 18.4 Å². The number of ketones is 1. The van der Waals surface area contributed by atoms with Crippen molar-refractivity contribution >= 4 is 33.0 Å². The Balaban J connectivity index is 2.18. The third-order valence-corrected chi connectivity index (χ3v) is 3.64. The molecule has 0 saturated heterocycles. The van der Waals surface area contributed by atoms with Crippen molar-refractivity contribution in [1.29, 1.82) is 0 Å². The van der Waals surface area contributed by atoms with Crippen LogP contribution < -0.4 is 0 Å². The Morgan fingerprint density at radius 3 is 3.00 bits per heavy atom. The smallest absolute Gasteiger partial charge is 0.138 e. The maximum atomic E-state index is 11.5. The van der Waals surface area contributed by atoms with E-state index in [4.69, 9.17) is 4.74 Å². The van der Waals surface area contributed by atoms with Gasteiger partial charge in [-0.05, 0) is 35.3 Å². The number of hydrogen-bond acceptors (Lipinski definition) is 3. The lowest BCUT2D eigenvalue weighted by Crippen LogP contribution is -2.03. The second-order valence-electron chi connectivity index (χ2n) is 3.25. The molecule has 0 aliphatic heterocycles. The summed E-state index contributed by atoms with van der Waals surface area (Å²) in [5.74, 6) is 0.295. The summed E-state index contributed by atoms with van der Waals surface area (Å²) < 4.78 is 6.24. The van der Waals surface area contributed by atoms with Crippen LogP contribution in [0.1, 0.15) is 24.6 Å².